The minimum atomic E-state index is -0.490. The van der Waals surface area contributed by atoms with E-state index in [-0.39, 0.29) is 6.03 Å². The molecule has 0 spiro atoms. The third kappa shape index (κ3) is 3.44. The average Bonchev–Trinajstić information content (AvgIpc) is 2.87. The molecule has 19 heavy (non-hydrogen) atoms. The van der Waals surface area contributed by atoms with Gasteiger partial charge in [0, 0.05) is 6.54 Å². The topological polar surface area (TPSA) is 67.1 Å². The Kier molecular flexibility index (Phi) is 4.37. The van der Waals surface area contributed by atoms with Crippen LogP contribution in [0.1, 0.15) is 31.2 Å². The van der Waals surface area contributed by atoms with Crippen molar-refractivity contribution in [3.05, 3.63) is 35.9 Å². The Morgan fingerprint density at radius 3 is 2.47 bits per heavy atom. The Morgan fingerprint density at radius 1 is 1.26 bits per heavy atom. The zero-order chi connectivity index (χ0) is 13.7. The molecule has 1 aliphatic rings. The number of amides is 2. The number of carbonyl (C=O) groups is 1. The molecular weight excluding hydrogens is 258 g/mol. The quantitative estimate of drug-likeness (QED) is 0.738. The molecule has 102 valence electrons. The van der Waals surface area contributed by atoms with Crippen molar-refractivity contribution in [2.45, 2.75) is 37.8 Å². The van der Waals surface area contributed by atoms with E-state index in [9.17, 15) is 4.79 Å². The van der Waals surface area contributed by atoms with E-state index < -0.39 is 5.54 Å². The van der Waals surface area contributed by atoms with Gasteiger partial charge in [0.05, 0.1) is 10.5 Å². The average molecular weight is 277 g/mol. The molecule has 0 bridgehead atoms. The fourth-order valence-corrected chi connectivity index (χ4v) is 2.71. The van der Waals surface area contributed by atoms with Gasteiger partial charge in [0.25, 0.3) is 0 Å². The third-order valence-corrected chi connectivity index (χ3v) is 3.97. The van der Waals surface area contributed by atoms with E-state index in [0.717, 1.165) is 31.2 Å². The number of benzene rings is 1. The molecule has 0 unspecified atom stereocenters. The van der Waals surface area contributed by atoms with Gasteiger partial charge in [-0.25, -0.2) is 4.79 Å². The van der Waals surface area contributed by atoms with E-state index in [1.165, 1.54) is 0 Å². The molecule has 4 N–H and O–H groups in total. The van der Waals surface area contributed by atoms with Gasteiger partial charge in [-0.05, 0) is 18.4 Å². The first-order chi connectivity index (χ1) is 9.12. The van der Waals surface area contributed by atoms with Gasteiger partial charge in [0.15, 0.2) is 0 Å². The van der Waals surface area contributed by atoms with Crippen LogP contribution in [0.15, 0.2) is 30.3 Å². The van der Waals surface area contributed by atoms with Crippen LogP contribution in [0.3, 0.4) is 0 Å². The molecule has 0 aliphatic heterocycles. The molecule has 0 atom stereocenters. The lowest BCUT2D eigenvalue weighted by atomic mass is 9.98. The Labute approximate surface area is 118 Å². The fraction of sp³-hybridized carbons (Fsp3) is 0.429. The summed E-state index contributed by atoms with van der Waals surface area (Å²) in [7, 11) is 0. The van der Waals surface area contributed by atoms with Gasteiger partial charge < -0.3 is 16.4 Å². The van der Waals surface area contributed by atoms with E-state index in [1.807, 2.05) is 30.3 Å². The third-order valence-electron chi connectivity index (χ3n) is 3.58. The van der Waals surface area contributed by atoms with Crippen molar-refractivity contribution in [1.82, 2.24) is 10.6 Å². The molecule has 1 fully saturated rings. The van der Waals surface area contributed by atoms with Crippen LogP contribution in [0, 0.1) is 0 Å². The summed E-state index contributed by atoms with van der Waals surface area (Å²) in [6.07, 6.45) is 3.77. The molecule has 2 rings (SSSR count). The highest BCUT2D eigenvalue weighted by molar-refractivity contribution is 7.80. The maximum Gasteiger partial charge on any atom is 0.315 e. The zero-order valence-electron chi connectivity index (χ0n) is 10.8. The minimum Gasteiger partial charge on any atom is -0.391 e. The summed E-state index contributed by atoms with van der Waals surface area (Å²) in [6.45, 7) is 0.500. The van der Waals surface area contributed by atoms with E-state index in [4.69, 9.17) is 18.0 Å². The van der Waals surface area contributed by atoms with Crippen molar-refractivity contribution < 1.29 is 4.79 Å². The summed E-state index contributed by atoms with van der Waals surface area (Å²) in [4.78, 5) is 12.3. The molecule has 1 aliphatic carbocycles. The number of hydrogen-bond acceptors (Lipinski definition) is 2. The number of rotatable bonds is 4. The second-order valence-corrected chi connectivity index (χ2v) is 5.39. The highest BCUT2D eigenvalue weighted by Crippen LogP contribution is 2.29. The van der Waals surface area contributed by atoms with Crippen LogP contribution in [0.4, 0.5) is 4.79 Å². The van der Waals surface area contributed by atoms with Crippen molar-refractivity contribution in [2.75, 3.05) is 0 Å². The first kappa shape index (κ1) is 13.8. The predicted molar refractivity (Wildman–Crippen MR) is 79.8 cm³/mol. The summed E-state index contributed by atoms with van der Waals surface area (Å²) in [5.41, 5.74) is 6.35. The Balaban J connectivity index is 1.88. The lowest BCUT2D eigenvalue weighted by Crippen LogP contribution is -2.57. The maximum atomic E-state index is 11.9. The van der Waals surface area contributed by atoms with Crippen molar-refractivity contribution in [3.8, 4) is 0 Å². The first-order valence-corrected chi connectivity index (χ1v) is 6.93. The highest BCUT2D eigenvalue weighted by atomic mass is 32.1. The summed E-state index contributed by atoms with van der Waals surface area (Å²) < 4.78 is 0. The number of nitrogens with two attached hydrogens (primary N) is 1. The summed E-state index contributed by atoms with van der Waals surface area (Å²) in [6, 6.07) is 9.58. The van der Waals surface area contributed by atoms with Crippen LogP contribution >= 0.6 is 12.2 Å². The SMILES string of the molecule is NC(=S)C1(NC(=O)NCc2ccccc2)CCCC1. The van der Waals surface area contributed by atoms with E-state index >= 15 is 0 Å². The molecule has 0 radical (unpaired) electrons. The highest BCUT2D eigenvalue weighted by Gasteiger charge is 2.38. The molecule has 0 heterocycles. The largest absolute Gasteiger partial charge is 0.391 e. The Bertz CT molecular complexity index is 455. The van der Waals surface area contributed by atoms with Gasteiger partial charge in [-0.3, -0.25) is 0 Å². The molecule has 1 aromatic rings. The number of nitrogens with one attached hydrogen (secondary N) is 2. The number of urea groups is 1. The second-order valence-electron chi connectivity index (χ2n) is 4.95. The van der Waals surface area contributed by atoms with Gasteiger partial charge >= 0.3 is 6.03 Å². The van der Waals surface area contributed by atoms with E-state index in [1.54, 1.807) is 0 Å². The zero-order valence-corrected chi connectivity index (χ0v) is 11.6. The van der Waals surface area contributed by atoms with Gasteiger partial charge in [-0.2, -0.15) is 0 Å². The van der Waals surface area contributed by atoms with Gasteiger partial charge in [-0.1, -0.05) is 55.4 Å². The summed E-state index contributed by atoms with van der Waals surface area (Å²) in [5, 5.41) is 5.79. The minimum absolute atomic E-state index is 0.210. The molecule has 1 saturated carbocycles. The molecule has 5 heteroatoms. The molecule has 4 nitrogen and oxygen atoms in total. The van der Waals surface area contributed by atoms with Crippen molar-refractivity contribution in [2.24, 2.45) is 5.73 Å². The Hall–Kier alpha value is -1.62. The van der Waals surface area contributed by atoms with Crippen LogP contribution in [0.2, 0.25) is 0 Å². The second kappa shape index (κ2) is 6.02. The molecule has 2 amide bonds. The smallest absolute Gasteiger partial charge is 0.315 e. The van der Waals surface area contributed by atoms with E-state index in [0.29, 0.717) is 11.5 Å². The van der Waals surface area contributed by atoms with Crippen LogP contribution in [0.25, 0.3) is 0 Å². The standard InChI is InChI=1S/C14H19N3OS/c15-12(19)14(8-4-5-9-14)17-13(18)16-10-11-6-2-1-3-7-11/h1-3,6-7H,4-5,8-10H2,(H2,15,19)(H2,16,17,18). The van der Waals surface area contributed by atoms with Gasteiger partial charge in [0.2, 0.25) is 0 Å². The maximum absolute atomic E-state index is 11.9. The Morgan fingerprint density at radius 2 is 1.89 bits per heavy atom. The molecular formula is C14H19N3OS. The van der Waals surface area contributed by atoms with Crippen LogP contribution in [-0.4, -0.2) is 16.6 Å². The summed E-state index contributed by atoms with van der Waals surface area (Å²) in [5.74, 6) is 0. The lowest BCUT2D eigenvalue weighted by Gasteiger charge is -2.29. The normalized spacial score (nSPS) is 16.8. The van der Waals surface area contributed by atoms with Crippen LogP contribution < -0.4 is 16.4 Å². The summed E-state index contributed by atoms with van der Waals surface area (Å²) >= 11 is 5.10. The van der Waals surface area contributed by atoms with Gasteiger partial charge in [0.1, 0.15) is 0 Å². The number of thiocarbonyl (C=S) groups is 1. The van der Waals surface area contributed by atoms with E-state index in [2.05, 4.69) is 10.6 Å². The van der Waals surface area contributed by atoms with Crippen molar-refractivity contribution >= 4 is 23.2 Å². The molecule has 0 saturated heterocycles. The molecule has 0 aromatic heterocycles. The van der Waals surface area contributed by atoms with Crippen molar-refractivity contribution in [3.63, 3.8) is 0 Å². The predicted octanol–water partition coefficient (Wildman–Crippen LogP) is 2.08. The first-order valence-electron chi connectivity index (χ1n) is 6.52. The number of hydrogen-bond donors (Lipinski definition) is 3. The van der Waals surface area contributed by atoms with Crippen LogP contribution in [-0.2, 0) is 6.54 Å². The number of carbonyl (C=O) groups excluding carboxylic acids is 1. The van der Waals surface area contributed by atoms with Crippen LogP contribution in [0.5, 0.6) is 0 Å². The van der Waals surface area contributed by atoms with Gasteiger partial charge in [-0.15, -0.1) is 0 Å². The lowest BCUT2D eigenvalue weighted by molar-refractivity contribution is 0.233. The fourth-order valence-electron chi connectivity index (χ4n) is 2.45. The molecule has 1 aromatic carbocycles. The van der Waals surface area contributed by atoms with Crippen molar-refractivity contribution in [1.29, 1.82) is 0 Å². The monoisotopic (exact) mass is 277 g/mol.